The van der Waals surface area contributed by atoms with Crippen LogP contribution >= 0.6 is 25.0 Å². The molecule has 0 atom stereocenters. The molecule has 1 aliphatic heterocycles. The second-order valence-corrected chi connectivity index (χ2v) is 46.1. The van der Waals surface area contributed by atoms with Crippen LogP contribution in [0.2, 0.25) is 0 Å². The van der Waals surface area contributed by atoms with Crippen LogP contribution < -0.4 is 9.80 Å². The van der Waals surface area contributed by atoms with Crippen LogP contribution in [0.1, 0.15) is 135 Å². The summed E-state index contributed by atoms with van der Waals surface area (Å²) in [5, 5.41) is 0. The number of anilines is 2. The molecule has 0 amide bonds. The Morgan fingerprint density at radius 1 is 0.538 bits per heavy atom. The van der Waals surface area contributed by atoms with Crippen LogP contribution in [-0.2, 0) is 10.7 Å². The van der Waals surface area contributed by atoms with E-state index in [1.807, 2.05) is 0 Å². The molecule has 0 N–H and O–H groups in total. The van der Waals surface area contributed by atoms with Crippen molar-refractivity contribution in [3.63, 3.8) is 0 Å². The minimum absolute atomic E-state index is 0.0573. The van der Waals surface area contributed by atoms with Crippen molar-refractivity contribution in [2.24, 2.45) is 0 Å². The summed E-state index contributed by atoms with van der Waals surface area (Å²) in [6, 6.07) is 20.9. The van der Waals surface area contributed by atoms with E-state index in [2.05, 4.69) is 111 Å². The van der Waals surface area contributed by atoms with E-state index in [-0.39, 0.29) is 4.76 Å². The van der Waals surface area contributed by atoms with Crippen molar-refractivity contribution < 1.29 is 10.7 Å². The molecule has 288 valence electrons. The Labute approximate surface area is 325 Å². The standard InChI is InChI=1S/C21H27N2.C18H33P.C7H6.2ClH.Ru/c1-14-9-16(3)20(17(4)10-14)22-7-8-23(13-22)21-18(5)11-15(2)12-19(21)6;1-4-10-16(11-5-1)19(17-12-6-2-7-13-17)18-14-8-3-9-15-18;1-7-5-3-2-4-6-7;;;/h9-13H,7-8H2,1-6H3;16-18H,1-15H2;1-6H;2*1H;/q;;;;;+1/p-1. The van der Waals surface area contributed by atoms with Gasteiger partial charge in [0.05, 0.1) is 0 Å². The molecule has 0 unspecified atom stereocenters. The van der Waals surface area contributed by atoms with E-state index in [0.29, 0.717) is 17.0 Å². The fourth-order valence-electron chi connectivity index (χ4n) is 12.2. The Morgan fingerprint density at radius 3 is 1.23 bits per heavy atom. The van der Waals surface area contributed by atoms with Crippen LogP contribution in [0.25, 0.3) is 0 Å². The molecule has 0 radical (unpaired) electrons. The predicted molar refractivity (Wildman–Crippen MR) is 232 cm³/mol. The fraction of sp³-hybridized carbons (Fsp3) is 0.587. The van der Waals surface area contributed by atoms with Crippen molar-refractivity contribution in [3.8, 4) is 0 Å². The molecule has 0 bridgehead atoms. The molecule has 3 aromatic rings. The van der Waals surface area contributed by atoms with Gasteiger partial charge in [-0.05, 0) is 0 Å². The number of rotatable bonds is 8. The molecular weight excluding hydrogens is 783 g/mol. The molecule has 1 heterocycles. The molecule has 0 spiro atoms. The van der Waals surface area contributed by atoms with E-state index < -0.39 is 16.3 Å². The van der Waals surface area contributed by atoms with E-state index in [4.69, 9.17) is 0 Å². The van der Waals surface area contributed by atoms with Crippen LogP contribution in [0, 0.1) is 41.5 Å². The van der Waals surface area contributed by atoms with Crippen molar-refractivity contribution in [3.05, 3.63) is 93.5 Å². The van der Waals surface area contributed by atoms with Crippen molar-refractivity contribution in [2.75, 3.05) is 22.9 Å². The second kappa shape index (κ2) is 15.7. The Kier molecular flexibility index (Phi) is 11.8. The summed E-state index contributed by atoms with van der Waals surface area (Å²) < 4.78 is 2.64. The topological polar surface area (TPSA) is 6.48 Å². The Balaban J connectivity index is 1.64. The summed E-state index contributed by atoms with van der Waals surface area (Å²) in [6.07, 6.45) is 20.3. The van der Waals surface area contributed by atoms with Gasteiger partial charge < -0.3 is 0 Å². The maximum atomic E-state index is 9.59. The van der Waals surface area contributed by atoms with Gasteiger partial charge in [-0.15, -0.1) is 0 Å². The average Bonchev–Trinajstić information content (AvgIpc) is 3.55. The number of hydrogen-bond donors (Lipinski definition) is 0. The quantitative estimate of drug-likeness (QED) is 0.165. The minimum atomic E-state index is -4.81. The fourth-order valence-corrected chi connectivity index (χ4v) is 61.7. The summed E-state index contributed by atoms with van der Waals surface area (Å²) in [7, 11) is 14.4. The third kappa shape index (κ3) is 6.82. The van der Waals surface area contributed by atoms with Crippen LogP contribution in [0.15, 0.2) is 54.6 Å². The predicted octanol–water partition coefficient (Wildman–Crippen LogP) is 13.7. The Hall–Kier alpha value is -1.24. The summed E-state index contributed by atoms with van der Waals surface area (Å²) in [5.41, 5.74) is 11.6. The van der Waals surface area contributed by atoms with Gasteiger partial charge in [0.25, 0.3) is 0 Å². The summed E-state index contributed by atoms with van der Waals surface area (Å²) in [4.78, 5) is 5.65. The van der Waals surface area contributed by atoms with Crippen molar-refractivity contribution in [2.45, 2.75) is 160 Å². The third-order valence-electron chi connectivity index (χ3n) is 13.6. The van der Waals surface area contributed by atoms with Crippen LogP contribution in [-0.4, -0.2) is 39.4 Å². The summed E-state index contributed by atoms with van der Waals surface area (Å²) >= 11 is 0. The molecule has 3 saturated carbocycles. The van der Waals surface area contributed by atoms with E-state index in [1.165, 1.54) is 147 Å². The molecule has 1 saturated heterocycles. The van der Waals surface area contributed by atoms with E-state index in [9.17, 15) is 19.4 Å². The molecule has 0 aromatic heterocycles. The number of hydrogen-bond acceptors (Lipinski definition) is 2. The summed E-state index contributed by atoms with van der Waals surface area (Å²) in [6.45, 7) is 15.8. The zero-order valence-electron chi connectivity index (χ0n) is 33.1. The van der Waals surface area contributed by atoms with Crippen molar-refractivity contribution >= 4 is 41.0 Å². The molecule has 7 rings (SSSR count). The van der Waals surface area contributed by atoms with Crippen molar-refractivity contribution in [1.29, 1.82) is 0 Å². The number of benzene rings is 3. The molecular formula is C46H67Cl2N2PRu. The van der Waals surface area contributed by atoms with Crippen molar-refractivity contribution in [1.82, 2.24) is 0 Å². The zero-order valence-corrected chi connectivity index (χ0v) is 37.4. The van der Waals surface area contributed by atoms with Gasteiger partial charge in [0.15, 0.2) is 0 Å². The molecule has 4 aliphatic rings. The average molecular weight is 851 g/mol. The second-order valence-electron chi connectivity index (χ2n) is 17.3. The molecule has 3 aliphatic carbocycles. The van der Waals surface area contributed by atoms with E-state index in [0.717, 1.165) is 13.1 Å². The van der Waals surface area contributed by atoms with E-state index in [1.54, 1.807) is 0 Å². The summed E-state index contributed by atoms with van der Waals surface area (Å²) in [5.74, 6) is 0. The number of aryl methyl sites for hydroxylation is 6. The van der Waals surface area contributed by atoms with Gasteiger partial charge >= 0.3 is 328 Å². The van der Waals surface area contributed by atoms with E-state index >= 15 is 0 Å². The van der Waals surface area contributed by atoms with Gasteiger partial charge in [-0.1, -0.05) is 0 Å². The van der Waals surface area contributed by atoms with Gasteiger partial charge in [0, 0.05) is 0 Å². The number of halogens is 2. The van der Waals surface area contributed by atoms with Gasteiger partial charge in [0.1, 0.15) is 0 Å². The molecule has 6 heteroatoms. The molecule has 4 fully saturated rings. The van der Waals surface area contributed by atoms with Gasteiger partial charge in [-0.3, -0.25) is 0 Å². The monoisotopic (exact) mass is 850 g/mol. The Bertz CT molecular complexity index is 1640. The van der Waals surface area contributed by atoms with Crippen LogP contribution in [0.5, 0.6) is 0 Å². The SMILES string of the molecule is Cc1cc(C)c(N2CCN(c3c(C)cc(C)cc3C)[CH]2[Ru]([Cl])([Cl])(=[CH]c2ccccc2)[PH](C2CCCCC2)(C2CCCCC2)C2CCCCC2)c(C)c1. The van der Waals surface area contributed by atoms with Gasteiger partial charge in [-0.25, -0.2) is 0 Å². The molecule has 52 heavy (non-hydrogen) atoms. The molecule has 2 nitrogen and oxygen atoms in total. The van der Waals surface area contributed by atoms with Crippen LogP contribution in [0.3, 0.4) is 0 Å². The first kappa shape index (κ1) is 39.0. The maximum absolute atomic E-state index is 9.59. The Morgan fingerprint density at radius 2 is 0.885 bits per heavy atom. The molecule has 3 aromatic carbocycles. The van der Waals surface area contributed by atoms with Crippen LogP contribution in [0.4, 0.5) is 11.4 Å². The first-order chi connectivity index (χ1) is 24.9. The van der Waals surface area contributed by atoms with Gasteiger partial charge in [0.2, 0.25) is 0 Å². The first-order valence-electron chi connectivity index (χ1n) is 20.8. The third-order valence-corrected chi connectivity index (χ3v) is 51.9. The van der Waals surface area contributed by atoms with Gasteiger partial charge in [-0.2, -0.15) is 0 Å². The zero-order chi connectivity index (χ0) is 36.7. The number of nitrogens with zero attached hydrogens (tertiary/aromatic N) is 2. The normalized spacial score (nSPS) is 21.7. The first-order valence-corrected chi connectivity index (χ1v) is 31.9.